The van der Waals surface area contributed by atoms with Gasteiger partial charge >= 0.3 is 17.9 Å². The topological polar surface area (TPSA) is 87.7 Å². The van der Waals surface area contributed by atoms with E-state index in [-0.39, 0.29) is 12.1 Å². The molecule has 0 aromatic carbocycles. The van der Waals surface area contributed by atoms with Crippen LogP contribution in [0.15, 0.2) is 0 Å². The highest BCUT2D eigenvalue weighted by molar-refractivity contribution is 6.35. The largest absolute Gasteiger partial charge is 0.453 e. The van der Waals surface area contributed by atoms with E-state index in [4.69, 9.17) is 0 Å². The lowest BCUT2D eigenvalue weighted by molar-refractivity contribution is -0.139. The molecule has 2 fully saturated rings. The molecule has 7 heteroatoms. The first-order valence-electron chi connectivity index (χ1n) is 8.01. The van der Waals surface area contributed by atoms with E-state index in [9.17, 15) is 14.4 Å². The molecular weight excluding hydrogens is 286 g/mol. The van der Waals surface area contributed by atoms with Gasteiger partial charge in [0.25, 0.3) is 0 Å². The van der Waals surface area contributed by atoms with Crippen LogP contribution in [0.4, 0.5) is 4.79 Å². The van der Waals surface area contributed by atoms with Crippen molar-refractivity contribution in [3.8, 4) is 0 Å². The lowest BCUT2D eigenvalue weighted by Crippen LogP contribution is -2.46. The highest BCUT2D eigenvalue weighted by Crippen LogP contribution is 2.18. The molecule has 3 amide bonds. The number of amides is 3. The Morgan fingerprint density at radius 1 is 1.05 bits per heavy atom. The van der Waals surface area contributed by atoms with Crippen LogP contribution in [0, 0.1) is 5.92 Å². The van der Waals surface area contributed by atoms with Crippen molar-refractivity contribution in [3.05, 3.63) is 0 Å². The molecule has 0 unspecified atom stereocenters. The van der Waals surface area contributed by atoms with E-state index in [1.54, 1.807) is 4.90 Å². The second-order valence-corrected chi connectivity index (χ2v) is 6.07. The summed E-state index contributed by atoms with van der Waals surface area (Å²) >= 11 is 0. The third kappa shape index (κ3) is 4.61. The Labute approximate surface area is 130 Å². The summed E-state index contributed by atoms with van der Waals surface area (Å²) in [4.78, 5) is 36.6. The fourth-order valence-electron chi connectivity index (χ4n) is 3.09. The SMILES string of the molecule is COC(=O)N1CCC(CNC(=O)C(=O)NC2CCCC2)CC1. The number of nitrogens with one attached hydrogen (secondary N) is 2. The monoisotopic (exact) mass is 311 g/mol. The van der Waals surface area contributed by atoms with Crippen LogP contribution < -0.4 is 10.6 Å². The second kappa shape index (κ2) is 8.00. The number of hydrogen-bond acceptors (Lipinski definition) is 4. The Morgan fingerprint density at radius 2 is 1.68 bits per heavy atom. The fraction of sp³-hybridized carbons (Fsp3) is 0.800. The molecule has 22 heavy (non-hydrogen) atoms. The first-order chi connectivity index (χ1) is 10.6. The molecule has 1 aliphatic heterocycles. The zero-order valence-corrected chi connectivity index (χ0v) is 13.1. The quantitative estimate of drug-likeness (QED) is 0.749. The minimum Gasteiger partial charge on any atom is -0.453 e. The molecule has 0 aromatic heterocycles. The molecule has 1 saturated heterocycles. The number of hydrogen-bond donors (Lipinski definition) is 2. The van der Waals surface area contributed by atoms with Gasteiger partial charge in [-0.25, -0.2) is 4.79 Å². The molecule has 0 aromatic rings. The Morgan fingerprint density at radius 3 is 2.27 bits per heavy atom. The molecule has 124 valence electrons. The Kier molecular flexibility index (Phi) is 6.03. The molecule has 2 aliphatic rings. The van der Waals surface area contributed by atoms with Crippen molar-refractivity contribution < 1.29 is 19.1 Å². The highest BCUT2D eigenvalue weighted by atomic mass is 16.5. The summed E-state index contributed by atoms with van der Waals surface area (Å²) in [5.74, 6) is -0.787. The number of methoxy groups -OCH3 is 1. The van der Waals surface area contributed by atoms with Gasteiger partial charge < -0.3 is 20.3 Å². The first kappa shape index (κ1) is 16.6. The van der Waals surface area contributed by atoms with Crippen molar-refractivity contribution in [2.45, 2.75) is 44.6 Å². The summed E-state index contributed by atoms with van der Waals surface area (Å²) in [5.41, 5.74) is 0. The summed E-state index contributed by atoms with van der Waals surface area (Å²) in [6, 6.07) is 0.154. The fourth-order valence-corrected chi connectivity index (χ4v) is 3.09. The van der Waals surface area contributed by atoms with Crippen molar-refractivity contribution in [2.75, 3.05) is 26.7 Å². The third-order valence-corrected chi connectivity index (χ3v) is 4.50. The standard InChI is InChI=1S/C15H25N3O4/c1-22-15(21)18-8-6-11(7-9-18)10-16-13(19)14(20)17-12-4-2-3-5-12/h11-12H,2-10H2,1H3,(H,16,19)(H,17,20). The number of carbonyl (C=O) groups is 3. The lowest BCUT2D eigenvalue weighted by Gasteiger charge is -2.30. The molecule has 0 bridgehead atoms. The van der Waals surface area contributed by atoms with Crippen LogP contribution >= 0.6 is 0 Å². The van der Waals surface area contributed by atoms with Crippen molar-refractivity contribution in [1.82, 2.24) is 15.5 Å². The van der Waals surface area contributed by atoms with E-state index in [2.05, 4.69) is 15.4 Å². The van der Waals surface area contributed by atoms with E-state index in [0.717, 1.165) is 38.5 Å². The first-order valence-corrected chi connectivity index (χ1v) is 8.01. The molecule has 1 heterocycles. The van der Waals surface area contributed by atoms with Crippen LogP contribution in [-0.4, -0.2) is 55.6 Å². The second-order valence-electron chi connectivity index (χ2n) is 6.07. The minimum absolute atomic E-state index is 0.154. The number of rotatable bonds is 3. The van der Waals surface area contributed by atoms with E-state index in [1.807, 2.05) is 0 Å². The Hall–Kier alpha value is -1.79. The average Bonchev–Trinajstić information content (AvgIpc) is 3.05. The normalized spacial score (nSPS) is 19.8. The lowest BCUT2D eigenvalue weighted by atomic mass is 9.97. The zero-order chi connectivity index (χ0) is 15.9. The summed E-state index contributed by atoms with van der Waals surface area (Å²) < 4.78 is 4.68. The van der Waals surface area contributed by atoms with E-state index in [0.29, 0.717) is 25.6 Å². The van der Waals surface area contributed by atoms with Gasteiger partial charge in [-0.3, -0.25) is 9.59 Å². The zero-order valence-electron chi connectivity index (χ0n) is 13.1. The van der Waals surface area contributed by atoms with Crippen molar-refractivity contribution in [1.29, 1.82) is 0 Å². The molecule has 1 saturated carbocycles. The predicted octanol–water partition coefficient (Wildman–Crippen LogP) is 0.640. The number of nitrogens with zero attached hydrogens (tertiary/aromatic N) is 1. The Bertz CT molecular complexity index is 413. The third-order valence-electron chi connectivity index (χ3n) is 4.50. The van der Waals surface area contributed by atoms with Gasteiger partial charge in [0.15, 0.2) is 0 Å². The van der Waals surface area contributed by atoms with Crippen LogP contribution in [-0.2, 0) is 14.3 Å². The summed E-state index contributed by atoms with van der Waals surface area (Å²) in [6.07, 6.45) is 5.46. The Balaban J connectivity index is 1.64. The van der Waals surface area contributed by atoms with Gasteiger partial charge in [0.2, 0.25) is 0 Å². The van der Waals surface area contributed by atoms with Crippen LogP contribution in [0.3, 0.4) is 0 Å². The molecule has 2 N–H and O–H groups in total. The molecule has 0 radical (unpaired) electrons. The number of piperidine rings is 1. The van der Waals surface area contributed by atoms with Gasteiger partial charge in [-0.05, 0) is 31.6 Å². The molecule has 7 nitrogen and oxygen atoms in total. The summed E-state index contributed by atoms with van der Waals surface area (Å²) in [7, 11) is 1.37. The van der Waals surface area contributed by atoms with Crippen LogP contribution in [0.25, 0.3) is 0 Å². The minimum atomic E-state index is -0.553. The van der Waals surface area contributed by atoms with Gasteiger partial charge in [-0.2, -0.15) is 0 Å². The van der Waals surface area contributed by atoms with Crippen LogP contribution in [0.1, 0.15) is 38.5 Å². The average molecular weight is 311 g/mol. The molecule has 2 rings (SSSR count). The number of likely N-dealkylation sites (tertiary alicyclic amines) is 1. The predicted molar refractivity (Wildman–Crippen MR) is 80.1 cm³/mol. The maximum absolute atomic E-state index is 11.8. The van der Waals surface area contributed by atoms with Crippen molar-refractivity contribution in [3.63, 3.8) is 0 Å². The molecule has 0 atom stereocenters. The maximum atomic E-state index is 11.8. The van der Waals surface area contributed by atoms with Gasteiger partial charge in [-0.15, -0.1) is 0 Å². The van der Waals surface area contributed by atoms with E-state index >= 15 is 0 Å². The smallest absolute Gasteiger partial charge is 0.409 e. The van der Waals surface area contributed by atoms with Crippen LogP contribution in [0.5, 0.6) is 0 Å². The van der Waals surface area contributed by atoms with E-state index < -0.39 is 11.8 Å². The van der Waals surface area contributed by atoms with Gasteiger partial charge in [0.05, 0.1) is 7.11 Å². The van der Waals surface area contributed by atoms with Gasteiger partial charge in [0.1, 0.15) is 0 Å². The maximum Gasteiger partial charge on any atom is 0.409 e. The van der Waals surface area contributed by atoms with Crippen molar-refractivity contribution >= 4 is 17.9 Å². The number of carbonyl (C=O) groups excluding carboxylic acids is 3. The van der Waals surface area contributed by atoms with Gasteiger partial charge in [0, 0.05) is 25.7 Å². The van der Waals surface area contributed by atoms with Gasteiger partial charge in [-0.1, -0.05) is 12.8 Å². The van der Waals surface area contributed by atoms with E-state index in [1.165, 1.54) is 7.11 Å². The molecule has 0 spiro atoms. The van der Waals surface area contributed by atoms with Crippen molar-refractivity contribution in [2.24, 2.45) is 5.92 Å². The molecule has 1 aliphatic carbocycles. The van der Waals surface area contributed by atoms with Crippen LogP contribution in [0.2, 0.25) is 0 Å². The highest BCUT2D eigenvalue weighted by Gasteiger charge is 2.25. The summed E-state index contributed by atoms with van der Waals surface area (Å²) in [6.45, 7) is 1.73. The summed E-state index contributed by atoms with van der Waals surface area (Å²) in [5, 5.41) is 5.47. The molecular formula is C15H25N3O4. The number of ether oxygens (including phenoxy) is 1.